The Morgan fingerprint density at radius 1 is 1.04 bits per heavy atom. The summed E-state index contributed by atoms with van der Waals surface area (Å²) in [5, 5.41) is 0. The van der Waals surface area contributed by atoms with Crippen molar-refractivity contribution in [3.8, 4) is 17.0 Å². The molecule has 1 N–H and O–H groups in total. The lowest BCUT2D eigenvalue weighted by Crippen LogP contribution is -2.12. The summed E-state index contributed by atoms with van der Waals surface area (Å²) in [7, 11) is 1.60. The Kier molecular flexibility index (Phi) is 4.77. The molecule has 0 saturated carbocycles. The van der Waals surface area contributed by atoms with Crippen molar-refractivity contribution in [3.05, 3.63) is 92.7 Å². The van der Waals surface area contributed by atoms with E-state index in [9.17, 15) is 4.79 Å². The number of aromatic nitrogens is 2. The highest BCUT2D eigenvalue weighted by molar-refractivity contribution is 9.10. The number of rotatable bonds is 4. The molecule has 1 aromatic heterocycles. The maximum Gasteiger partial charge on any atom is 0.274 e. The van der Waals surface area contributed by atoms with Crippen LogP contribution in [0.4, 0.5) is 0 Å². The maximum absolute atomic E-state index is 12.7. The minimum absolute atomic E-state index is 0.209. The third-order valence-electron chi connectivity index (χ3n) is 4.48. The van der Waals surface area contributed by atoms with Crippen molar-refractivity contribution in [1.82, 2.24) is 9.97 Å². The lowest BCUT2D eigenvalue weighted by Gasteiger charge is -2.10. The molecule has 4 nitrogen and oxygen atoms in total. The standard InChI is InChI=1S/C22H17BrN2O2/c1-27-17-10-11-19-20(13-17)25-22(26)21(24-19)18-5-3-2-4-15(18)12-14-6-8-16(23)9-7-14/h2-11,13H,12H2,1H3,(H,25,26). The first-order valence-corrected chi connectivity index (χ1v) is 9.34. The molecule has 0 radical (unpaired) electrons. The second kappa shape index (κ2) is 7.37. The van der Waals surface area contributed by atoms with E-state index in [1.54, 1.807) is 13.2 Å². The summed E-state index contributed by atoms with van der Waals surface area (Å²) in [4.78, 5) is 20.3. The summed E-state index contributed by atoms with van der Waals surface area (Å²) in [6.07, 6.45) is 0.727. The van der Waals surface area contributed by atoms with Crippen molar-refractivity contribution in [2.45, 2.75) is 6.42 Å². The molecule has 0 saturated heterocycles. The van der Waals surface area contributed by atoms with Crippen molar-refractivity contribution in [2.75, 3.05) is 7.11 Å². The number of halogens is 1. The maximum atomic E-state index is 12.7. The van der Waals surface area contributed by atoms with Crippen LogP contribution in [0, 0.1) is 0 Å². The Labute approximate surface area is 165 Å². The number of benzene rings is 3. The fourth-order valence-electron chi connectivity index (χ4n) is 3.10. The Morgan fingerprint density at radius 3 is 2.59 bits per heavy atom. The first kappa shape index (κ1) is 17.5. The average Bonchev–Trinajstić information content (AvgIpc) is 2.69. The molecule has 134 valence electrons. The van der Waals surface area contributed by atoms with Crippen LogP contribution in [0.1, 0.15) is 11.1 Å². The number of nitrogens with zero attached hydrogens (tertiary/aromatic N) is 1. The van der Waals surface area contributed by atoms with Crippen LogP contribution in [-0.2, 0) is 6.42 Å². The zero-order chi connectivity index (χ0) is 18.8. The van der Waals surface area contributed by atoms with Crippen molar-refractivity contribution in [2.24, 2.45) is 0 Å². The molecule has 0 spiro atoms. The number of nitrogens with one attached hydrogen (secondary N) is 1. The zero-order valence-corrected chi connectivity index (χ0v) is 16.3. The molecule has 4 aromatic rings. The molecule has 0 amide bonds. The van der Waals surface area contributed by atoms with Crippen LogP contribution in [0.2, 0.25) is 0 Å². The molecule has 0 aliphatic carbocycles. The van der Waals surface area contributed by atoms with Gasteiger partial charge in [0.25, 0.3) is 5.56 Å². The Balaban J connectivity index is 1.80. The number of ether oxygens (including phenoxy) is 1. The molecule has 0 unspecified atom stereocenters. The van der Waals surface area contributed by atoms with E-state index in [1.807, 2.05) is 48.5 Å². The lowest BCUT2D eigenvalue weighted by molar-refractivity contribution is 0.415. The lowest BCUT2D eigenvalue weighted by atomic mass is 9.98. The van der Waals surface area contributed by atoms with Crippen molar-refractivity contribution in [3.63, 3.8) is 0 Å². The molecule has 1 heterocycles. The number of fused-ring (bicyclic) bond motifs is 1. The van der Waals surface area contributed by atoms with Crippen LogP contribution in [0.3, 0.4) is 0 Å². The van der Waals surface area contributed by atoms with Crippen LogP contribution < -0.4 is 10.3 Å². The van der Waals surface area contributed by atoms with Gasteiger partial charge in [-0.3, -0.25) is 4.79 Å². The van der Waals surface area contributed by atoms with E-state index >= 15 is 0 Å². The molecule has 0 fully saturated rings. The smallest absolute Gasteiger partial charge is 0.274 e. The fraction of sp³-hybridized carbons (Fsp3) is 0.0909. The highest BCUT2D eigenvalue weighted by Gasteiger charge is 2.12. The number of hydrogen-bond donors (Lipinski definition) is 1. The second-order valence-electron chi connectivity index (χ2n) is 6.26. The van der Waals surface area contributed by atoms with Crippen LogP contribution in [-0.4, -0.2) is 17.1 Å². The average molecular weight is 421 g/mol. The van der Waals surface area contributed by atoms with Gasteiger partial charge in [-0.2, -0.15) is 0 Å². The summed E-state index contributed by atoms with van der Waals surface area (Å²) < 4.78 is 6.26. The van der Waals surface area contributed by atoms with Gasteiger partial charge in [0.05, 0.1) is 18.1 Å². The number of aromatic amines is 1. The molecule has 0 aliphatic rings. The first-order chi connectivity index (χ1) is 13.1. The summed E-state index contributed by atoms with van der Waals surface area (Å²) in [5.41, 5.74) is 4.69. The molecular weight excluding hydrogens is 404 g/mol. The fourth-order valence-corrected chi connectivity index (χ4v) is 3.37. The van der Waals surface area contributed by atoms with Crippen molar-refractivity contribution < 1.29 is 4.74 Å². The molecule has 5 heteroatoms. The van der Waals surface area contributed by atoms with Gasteiger partial charge >= 0.3 is 0 Å². The van der Waals surface area contributed by atoms with Crippen LogP contribution in [0.15, 0.2) is 76.0 Å². The van der Waals surface area contributed by atoms with E-state index < -0.39 is 0 Å². The largest absolute Gasteiger partial charge is 0.497 e. The molecular formula is C22H17BrN2O2. The van der Waals surface area contributed by atoms with Crippen molar-refractivity contribution >= 4 is 27.0 Å². The Morgan fingerprint density at radius 2 is 1.81 bits per heavy atom. The molecule has 3 aromatic carbocycles. The molecule has 4 rings (SSSR count). The van der Waals surface area contributed by atoms with E-state index in [4.69, 9.17) is 4.74 Å². The van der Waals surface area contributed by atoms with E-state index in [1.165, 1.54) is 5.56 Å². The number of hydrogen-bond acceptors (Lipinski definition) is 3. The number of methoxy groups -OCH3 is 1. The normalized spacial score (nSPS) is 10.9. The van der Waals surface area contributed by atoms with Gasteiger partial charge in [-0.05, 0) is 41.8 Å². The van der Waals surface area contributed by atoms with Gasteiger partial charge in [0.1, 0.15) is 11.4 Å². The van der Waals surface area contributed by atoms with Gasteiger partial charge in [-0.15, -0.1) is 0 Å². The van der Waals surface area contributed by atoms with Crippen LogP contribution in [0.5, 0.6) is 5.75 Å². The summed E-state index contributed by atoms with van der Waals surface area (Å²) in [6.45, 7) is 0. The quantitative estimate of drug-likeness (QED) is 0.507. The van der Waals surface area contributed by atoms with E-state index in [2.05, 4.69) is 38.0 Å². The van der Waals surface area contributed by atoms with Gasteiger partial charge in [0, 0.05) is 16.1 Å². The minimum Gasteiger partial charge on any atom is -0.497 e. The second-order valence-corrected chi connectivity index (χ2v) is 7.17. The predicted molar refractivity (Wildman–Crippen MR) is 111 cm³/mol. The summed E-state index contributed by atoms with van der Waals surface area (Å²) in [5.74, 6) is 0.684. The minimum atomic E-state index is -0.209. The molecule has 0 atom stereocenters. The van der Waals surface area contributed by atoms with Crippen molar-refractivity contribution in [1.29, 1.82) is 0 Å². The molecule has 0 aliphatic heterocycles. The SMILES string of the molecule is COc1ccc2nc(-c3ccccc3Cc3ccc(Br)cc3)c(=O)[nH]c2c1. The van der Waals surface area contributed by atoms with E-state index in [-0.39, 0.29) is 5.56 Å². The highest BCUT2D eigenvalue weighted by Crippen LogP contribution is 2.25. The van der Waals surface area contributed by atoms with Crippen LogP contribution >= 0.6 is 15.9 Å². The topological polar surface area (TPSA) is 55.0 Å². The van der Waals surface area contributed by atoms with E-state index in [0.717, 1.165) is 27.5 Å². The van der Waals surface area contributed by atoms with Gasteiger partial charge in [-0.25, -0.2) is 4.98 Å². The summed E-state index contributed by atoms with van der Waals surface area (Å²) >= 11 is 3.46. The van der Waals surface area contributed by atoms with E-state index in [0.29, 0.717) is 17.0 Å². The monoisotopic (exact) mass is 420 g/mol. The first-order valence-electron chi connectivity index (χ1n) is 8.55. The molecule has 0 bridgehead atoms. The van der Waals surface area contributed by atoms with Gasteiger partial charge < -0.3 is 9.72 Å². The zero-order valence-electron chi connectivity index (χ0n) is 14.7. The number of H-pyrrole nitrogens is 1. The van der Waals surface area contributed by atoms with Gasteiger partial charge in [0.15, 0.2) is 0 Å². The predicted octanol–water partition coefficient (Wildman–Crippen LogP) is 4.95. The molecule has 27 heavy (non-hydrogen) atoms. The summed E-state index contributed by atoms with van der Waals surface area (Å²) in [6, 6.07) is 21.6. The van der Waals surface area contributed by atoms with Gasteiger partial charge in [0.2, 0.25) is 0 Å². The third-order valence-corrected chi connectivity index (χ3v) is 5.01. The third kappa shape index (κ3) is 3.64. The highest BCUT2D eigenvalue weighted by atomic mass is 79.9. The Bertz CT molecular complexity index is 1170. The van der Waals surface area contributed by atoms with Crippen LogP contribution in [0.25, 0.3) is 22.3 Å². The Hall–Kier alpha value is -2.92. The van der Waals surface area contributed by atoms with Gasteiger partial charge in [-0.1, -0.05) is 52.3 Å².